The van der Waals surface area contributed by atoms with E-state index < -0.39 is 0 Å². The van der Waals surface area contributed by atoms with Crippen molar-refractivity contribution < 1.29 is 0 Å². The molecule has 0 saturated carbocycles. The van der Waals surface area contributed by atoms with Crippen LogP contribution >= 0.6 is 0 Å². The van der Waals surface area contributed by atoms with Crippen LogP contribution in [0, 0.1) is 0 Å². The zero-order chi connectivity index (χ0) is 25.2. The largest absolute Gasteiger partial charge is 0.0776 e. The van der Waals surface area contributed by atoms with Crippen LogP contribution in [-0.2, 0) is 0 Å². The number of hydrogen-bond acceptors (Lipinski definition) is 0. The average molecular weight is 475 g/mol. The Labute approximate surface area is 219 Å². The minimum atomic E-state index is 0. The van der Waals surface area contributed by atoms with Crippen LogP contribution < -0.4 is 0 Å². The molecule has 0 N–H and O–H groups in total. The highest BCUT2D eigenvalue weighted by atomic mass is 13.7. The van der Waals surface area contributed by atoms with Gasteiger partial charge in [0.05, 0.1) is 0 Å². The van der Waals surface area contributed by atoms with Gasteiger partial charge in [-0.05, 0) is 0 Å². The molecule has 0 aliphatic carbocycles. The van der Waals surface area contributed by atoms with E-state index in [1.165, 1.54) is 6.42 Å². The molecular formula is C33H78. The normalized spacial score (nSPS) is 4.73. The van der Waals surface area contributed by atoms with E-state index in [1.807, 2.05) is 170 Å². The van der Waals surface area contributed by atoms with Crippen LogP contribution in [0.1, 0.15) is 147 Å². The van der Waals surface area contributed by atoms with Gasteiger partial charge in [0.2, 0.25) is 0 Å². The molecule has 2 aromatic carbocycles. The molecule has 0 bridgehead atoms. The number of rotatable bonds is 0. The van der Waals surface area contributed by atoms with Crippen molar-refractivity contribution in [1.82, 2.24) is 0 Å². The van der Waals surface area contributed by atoms with Crippen molar-refractivity contribution in [3.63, 3.8) is 0 Å². The Morgan fingerprint density at radius 1 is 0.242 bits per heavy atom. The smallest absolute Gasteiger partial charge is 0.0590 e. The third kappa shape index (κ3) is 226. The summed E-state index contributed by atoms with van der Waals surface area (Å²) in [7, 11) is 0. The Kier molecular flexibility index (Phi) is 471. The number of benzene rings is 2. The second-order valence-corrected chi connectivity index (χ2v) is 3.02. The summed E-state index contributed by atoms with van der Waals surface area (Å²) >= 11 is 0. The van der Waals surface area contributed by atoms with Gasteiger partial charge in [-0.25, -0.2) is 0 Å². The Morgan fingerprint density at radius 3 is 0.303 bits per heavy atom. The molecule has 0 spiro atoms. The Morgan fingerprint density at radius 2 is 0.273 bits per heavy atom. The molecule has 0 radical (unpaired) electrons. The quantitative estimate of drug-likeness (QED) is 0.356. The van der Waals surface area contributed by atoms with Crippen LogP contribution in [0.2, 0.25) is 0 Å². The molecule has 0 amide bonds. The summed E-state index contributed by atoms with van der Waals surface area (Å²) in [6.07, 6.45) is 1.25. The molecule has 0 fully saturated rings. The first-order valence-corrected chi connectivity index (χ1v) is 12.4. The Balaban J connectivity index is -0.0000000155. The predicted molar refractivity (Wildman–Crippen MR) is 175 cm³/mol. The van der Waals surface area contributed by atoms with E-state index in [-0.39, 0.29) is 29.7 Å². The SMILES string of the molecule is C.C.C.C.CC.CC.CC.CC.CC.CC.CC.CCC.c1ccccc1.c1ccccc1. The molecule has 0 unspecified atom stereocenters. The zero-order valence-electron chi connectivity index (χ0n) is 23.6. The second-order valence-electron chi connectivity index (χ2n) is 3.02. The molecule has 33 heavy (non-hydrogen) atoms. The summed E-state index contributed by atoms with van der Waals surface area (Å²) in [5.41, 5.74) is 0. The first kappa shape index (κ1) is 77.1. The van der Waals surface area contributed by atoms with Gasteiger partial charge in [-0.3, -0.25) is 0 Å². The molecule has 2 rings (SSSR count). The van der Waals surface area contributed by atoms with Gasteiger partial charge >= 0.3 is 0 Å². The van der Waals surface area contributed by atoms with Gasteiger partial charge in [-0.1, -0.05) is 220 Å². The molecule has 0 heterocycles. The van der Waals surface area contributed by atoms with Crippen LogP contribution in [0.25, 0.3) is 0 Å². The maximum absolute atomic E-state index is 2.12. The van der Waals surface area contributed by atoms with Gasteiger partial charge < -0.3 is 0 Å². The van der Waals surface area contributed by atoms with Crippen molar-refractivity contribution in [2.24, 2.45) is 0 Å². The van der Waals surface area contributed by atoms with Crippen molar-refractivity contribution >= 4 is 0 Å². The van der Waals surface area contributed by atoms with Crippen LogP contribution in [0.5, 0.6) is 0 Å². The molecule has 0 nitrogen and oxygen atoms in total. The van der Waals surface area contributed by atoms with Crippen molar-refractivity contribution in [3.8, 4) is 0 Å². The second kappa shape index (κ2) is 202. The molecule has 210 valence electrons. The maximum Gasteiger partial charge on any atom is -0.0590 e. The fourth-order valence-corrected chi connectivity index (χ4v) is 0.770. The first-order valence-electron chi connectivity index (χ1n) is 12.4. The van der Waals surface area contributed by atoms with E-state index in [0.717, 1.165) is 0 Å². The molecule has 0 atom stereocenters. The summed E-state index contributed by atoms with van der Waals surface area (Å²) in [5, 5.41) is 0. The lowest BCUT2D eigenvalue weighted by molar-refractivity contribution is 1.09. The van der Waals surface area contributed by atoms with Crippen molar-refractivity contribution in [3.05, 3.63) is 72.8 Å². The van der Waals surface area contributed by atoms with Gasteiger partial charge in [0.1, 0.15) is 0 Å². The lowest BCUT2D eigenvalue weighted by Gasteiger charge is -1.69. The van der Waals surface area contributed by atoms with E-state index >= 15 is 0 Å². The lowest BCUT2D eigenvalue weighted by Crippen LogP contribution is -1.47. The maximum atomic E-state index is 2.12. The van der Waals surface area contributed by atoms with Crippen LogP contribution in [0.15, 0.2) is 72.8 Å². The molecule has 2 aromatic rings. The minimum absolute atomic E-state index is 0. The fourth-order valence-electron chi connectivity index (χ4n) is 0.770. The third-order valence-electron chi connectivity index (χ3n) is 1.33. The summed E-state index contributed by atoms with van der Waals surface area (Å²) < 4.78 is 0. The van der Waals surface area contributed by atoms with Crippen molar-refractivity contribution in [2.75, 3.05) is 0 Å². The highest BCUT2D eigenvalue weighted by Crippen LogP contribution is 1.80. The van der Waals surface area contributed by atoms with Crippen LogP contribution in [0.4, 0.5) is 0 Å². The van der Waals surface area contributed by atoms with Crippen LogP contribution in [-0.4, -0.2) is 0 Å². The standard InChI is InChI=1S/2C6H6.C3H8.7C2H6.4CH4/c2*1-2-4-6-5-3-1;1-3-2;7*1-2;;;;/h2*1-6H;3H2,1-2H3;7*1-2H3;4*1H4. The highest BCUT2D eigenvalue weighted by molar-refractivity contribution is 4.99. The lowest BCUT2D eigenvalue weighted by atomic mass is 10.4. The first-order chi connectivity index (χ1) is 14.4. The van der Waals surface area contributed by atoms with E-state index in [0.29, 0.717) is 0 Å². The van der Waals surface area contributed by atoms with E-state index in [1.54, 1.807) is 0 Å². The van der Waals surface area contributed by atoms with Gasteiger partial charge in [0, 0.05) is 0 Å². The van der Waals surface area contributed by atoms with Gasteiger partial charge in [0.25, 0.3) is 0 Å². The Hall–Kier alpha value is -1.56. The van der Waals surface area contributed by atoms with Gasteiger partial charge in [0.15, 0.2) is 0 Å². The average Bonchev–Trinajstić information content (AvgIpc) is 2.91. The summed E-state index contributed by atoms with van der Waals surface area (Å²) in [6.45, 7) is 32.2. The van der Waals surface area contributed by atoms with E-state index in [9.17, 15) is 0 Å². The molecule has 0 saturated heterocycles. The van der Waals surface area contributed by atoms with Gasteiger partial charge in [-0.2, -0.15) is 0 Å². The predicted octanol–water partition coefficient (Wildman–Crippen LogP) is 14.5. The van der Waals surface area contributed by atoms with Crippen molar-refractivity contribution in [2.45, 2.75) is 147 Å². The fraction of sp³-hybridized carbons (Fsp3) is 0.636. The number of hydrogen-bond donors (Lipinski definition) is 0. The highest BCUT2D eigenvalue weighted by Gasteiger charge is 1.58. The summed E-state index contributed by atoms with van der Waals surface area (Å²) in [4.78, 5) is 0. The third-order valence-corrected chi connectivity index (χ3v) is 1.33. The minimum Gasteiger partial charge on any atom is -0.0776 e. The Bertz CT molecular complexity index is 188. The molecule has 0 heteroatoms. The van der Waals surface area contributed by atoms with E-state index in [2.05, 4.69) is 13.8 Å². The molecule has 0 aromatic heterocycles. The molecular weight excluding hydrogens is 396 g/mol. The summed E-state index contributed by atoms with van der Waals surface area (Å²) in [5.74, 6) is 0. The topological polar surface area (TPSA) is 0 Å². The molecule has 0 aliphatic rings. The van der Waals surface area contributed by atoms with E-state index in [4.69, 9.17) is 0 Å². The monoisotopic (exact) mass is 475 g/mol. The van der Waals surface area contributed by atoms with Gasteiger partial charge in [-0.15, -0.1) is 0 Å². The van der Waals surface area contributed by atoms with Crippen LogP contribution in [0.3, 0.4) is 0 Å². The van der Waals surface area contributed by atoms with Crippen molar-refractivity contribution in [1.29, 1.82) is 0 Å². The molecule has 0 aliphatic heterocycles. The summed E-state index contributed by atoms with van der Waals surface area (Å²) in [6, 6.07) is 24.0. The zero-order valence-corrected chi connectivity index (χ0v) is 23.6.